The average molecular weight is 277 g/mol. The minimum Gasteiger partial charge on any atom is -0.364 e. The molecule has 2 aromatic heterocycles. The Bertz CT molecular complexity index is 897. The highest BCUT2D eigenvalue weighted by Crippen LogP contribution is 2.31. The molecule has 4 rings (SSSR count). The highest BCUT2D eigenvalue weighted by atomic mass is 16.1. The summed E-state index contributed by atoms with van der Waals surface area (Å²) in [6, 6.07) is 9.03. The van der Waals surface area contributed by atoms with Crippen molar-refractivity contribution in [3.05, 3.63) is 47.8 Å². The first-order valence-electron chi connectivity index (χ1n) is 6.27. The fourth-order valence-corrected chi connectivity index (χ4v) is 2.41. The van der Waals surface area contributed by atoms with Crippen LogP contribution in [0.3, 0.4) is 0 Å². The molecule has 1 aromatic carbocycles. The standard InChI is InChI=1S/C14H9N6O/c15-14(21)12-8-4-5-10-9(7-17-18-10)13(8)20(19-12)11-3-1-2-6-16-11/h1-7H,(H2,15,21). The summed E-state index contributed by atoms with van der Waals surface area (Å²) in [5, 5.41) is 8.89. The Morgan fingerprint density at radius 3 is 2.86 bits per heavy atom. The molecule has 3 heterocycles. The molecule has 1 aliphatic heterocycles. The van der Waals surface area contributed by atoms with Crippen molar-refractivity contribution in [1.82, 2.24) is 20.2 Å². The topological polar surface area (TPSA) is 100 Å². The van der Waals surface area contributed by atoms with Gasteiger partial charge in [-0.15, -0.1) is 0 Å². The van der Waals surface area contributed by atoms with Gasteiger partial charge in [0.15, 0.2) is 11.5 Å². The van der Waals surface area contributed by atoms with Gasteiger partial charge in [0.1, 0.15) is 0 Å². The first-order chi connectivity index (χ1) is 10.3. The SMILES string of the molecule is NC(=O)c1nn(-c2ccccn2)c2c3c(ccc12)[N]N=C3. The zero-order valence-corrected chi connectivity index (χ0v) is 10.8. The number of hydrogen-bond acceptors (Lipinski definition) is 4. The van der Waals surface area contributed by atoms with Gasteiger partial charge in [0.25, 0.3) is 5.91 Å². The number of primary amides is 1. The van der Waals surface area contributed by atoms with Crippen molar-refractivity contribution < 1.29 is 4.79 Å². The van der Waals surface area contributed by atoms with Crippen LogP contribution in [-0.4, -0.2) is 26.9 Å². The molecule has 7 nitrogen and oxygen atoms in total. The van der Waals surface area contributed by atoms with Gasteiger partial charge in [0, 0.05) is 17.1 Å². The van der Waals surface area contributed by atoms with E-state index in [1.165, 1.54) is 0 Å². The lowest BCUT2D eigenvalue weighted by molar-refractivity contribution is 0.0996. The lowest BCUT2D eigenvalue weighted by atomic mass is 10.1. The molecular weight excluding hydrogens is 268 g/mol. The van der Waals surface area contributed by atoms with Crippen molar-refractivity contribution in [2.24, 2.45) is 10.8 Å². The van der Waals surface area contributed by atoms with Crippen molar-refractivity contribution in [1.29, 1.82) is 0 Å². The number of nitrogens with two attached hydrogens (primary N) is 1. The van der Waals surface area contributed by atoms with E-state index in [1.807, 2.05) is 12.1 Å². The number of fused-ring (bicyclic) bond motifs is 3. The van der Waals surface area contributed by atoms with Crippen LogP contribution in [0.2, 0.25) is 0 Å². The van der Waals surface area contributed by atoms with Crippen molar-refractivity contribution in [2.75, 3.05) is 0 Å². The molecule has 0 fully saturated rings. The molecule has 101 valence electrons. The number of amides is 1. The van der Waals surface area contributed by atoms with E-state index in [-0.39, 0.29) is 5.69 Å². The van der Waals surface area contributed by atoms with E-state index in [0.717, 1.165) is 16.8 Å². The van der Waals surface area contributed by atoms with Crippen LogP contribution < -0.4 is 11.2 Å². The third-order valence-corrected chi connectivity index (χ3v) is 3.31. The molecule has 3 aromatic rings. The summed E-state index contributed by atoms with van der Waals surface area (Å²) >= 11 is 0. The lowest BCUT2D eigenvalue weighted by Crippen LogP contribution is -2.12. The summed E-state index contributed by atoms with van der Waals surface area (Å²) in [5.41, 5.74) is 11.9. The second-order valence-electron chi connectivity index (χ2n) is 4.55. The van der Waals surface area contributed by atoms with Gasteiger partial charge < -0.3 is 5.73 Å². The van der Waals surface area contributed by atoms with E-state index in [2.05, 4.69) is 20.6 Å². The molecule has 7 heteroatoms. The van der Waals surface area contributed by atoms with Gasteiger partial charge in [-0.05, 0) is 24.3 Å². The van der Waals surface area contributed by atoms with Crippen molar-refractivity contribution in [3.8, 4) is 5.82 Å². The number of aromatic nitrogens is 3. The van der Waals surface area contributed by atoms with Crippen LogP contribution in [0, 0.1) is 0 Å². The van der Waals surface area contributed by atoms with E-state index in [0.29, 0.717) is 11.2 Å². The minimum absolute atomic E-state index is 0.207. The zero-order chi connectivity index (χ0) is 14.4. The quantitative estimate of drug-likeness (QED) is 0.759. The molecule has 0 saturated heterocycles. The number of pyridine rings is 1. The Morgan fingerprint density at radius 1 is 1.19 bits per heavy atom. The van der Waals surface area contributed by atoms with Gasteiger partial charge in [0.05, 0.1) is 17.4 Å². The van der Waals surface area contributed by atoms with E-state index >= 15 is 0 Å². The third-order valence-electron chi connectivity index (χ3n) is 3.31. The molecule has 1 aliphatic rings. The second-order valence-corrected chi connectivity index (χ2v) is 4.55. The van der Waals surface area contributed by atoms with Crippen LogP contribution in [0.5, 0.6) is 0 Å². The van der Waals surface area contributed by atoms with Crippen molar-refractivity contribution >= 4 is 28.7 Å². The van der Waals surface area contributed by atoms with Crippen LogP contribution in [0.25, 0.3) is 16.7 Å². The predicted molar refractivity (Wildman–Crippen MR) is 76.8 cm³/mol. The molecule has 0 aliphatic carbocycles. The molecule has 2 N–H and O–H groups in total. The normalized spacial score (nSPS) is 12.4. The summed E-state index contributed by atoms with van der Waals surface area (Å²) in [6.07, 6.45) is 3.30. The number of carbonyl (C=O) groups is 1. The maximum Gasteiger partial charge on any atom is 0.269 e. The van der Waals surface area contributed by atoms with Gasteiger partial charge in [-0.2, -0.15) is 15.6 Å². The van der Waals surface area contributed by atoms with E-state index in [9.17, 15) is 4.79 Å². The van der Waals surface area contributed by atoms with E-state index in [1.54, 1.807) is 35.3 Å². The highest BCUT2D eigenvalue weighted by Gasteiger charge is 2.22. The fourth-order valence-electron chi connectivity index (χ4n) is 2.41. The van der Waals surface area contributed by atoms with E-state index in [4.69, 9.17) is 5.73 Å². The van der Waals surface area contributed by atoms with Crippen LogP contribution >= 0.6 is 0 Å². The van der Waals surface area contributed by atoms with Crippen LogP contribution in [0.1, 0.15) is 16.1 Å². The number of nitrogens with zero attached hydrogens (tertiary/aromatic N) is 5. The first kappa shape index (κ1) is 11.6. The average Bonchev–Trinajstić information content (AvgIpc) is 3.11. The fraction of sp³-hybridized carbons (Fsp3) is 0. The molecule has 1 amide bonds. The number of rotatable bonds is 2. The zero-order valence-electron chi connectivity index (χ0n) is 10.8. The summed E-state index contributed by atoms with van der Waals surface area (Å²) < 4.78 is 1.60. The largest absolute Gasteiger partial charge is 0.364 e. The molecule has 0 unspecified atom stereocenters. The smallest absolute Gasteiger partial charge is 0.269 e. The Labute approximate surface area is 119 Å². The molecule has 1 radical (unpaired) electrons. The Kier molecular flexibility index (Phi) is 2.28. The van der Waals surface area contributed by atoms with Gasteiger partial charge in [0.2, 0.25) is 0 Å². The summed E-state index contributed by atoms with van der Waals surface area (Å²) in [7, 11) is 0. The number of hydrogen-bond donors (Lipinski definition) is 1. The van der Waals surface area contributed by atoms with Crippen LogP contribution in [0.15, 0.2) is 41.6 Å². The van der Waals surface area contributed by atoms with Gasteiger partial charge >= 0.3 is 0 Å². The lowest BCUT2D eigenvalue weighted by Gasteiger charge is -2.04. The maximum atomic E-state index is 11.6. The maximum absolute atomic E-state index is 11.6. The summed E-state index contributed by atoms with van der Waals surface area (Å²) in [4.78, 5) is 15.9. The van der Waals surface area contributed by atoms with Crippen LogP contribution in [-0.2, 0) is 0 Å². The number of benzene rings is 1. The summed E-state index contributed by atoms with van der Waals surface area (Å²) in [6.45, 7) is 0. The minimum atomic E-state index is -0.582. The van der Waals surface area contributed by atoms with Gasteiger partial charge in [-0.25, -0.2) is 9.67 Å². The predicted octanol–water partition coefficient (Wildman–Crippen LogP) is 1.10. The van der Waals surface area contributed by atoms with Gasteiger partial charge in [-0.3, -0.25) is 4.79 Å². The van der Waals surface area contributed by atoms with Gasteiger partial charge in [-0.1, -0.05) is 6.07 Å². The highest BCUT2D eigenvalue weighted by molar-refractivity contribution is 6.11. The van der Waals surface area contributed by atoms with E-state index < -0.39 is 5.91 Å². The van der Waals surface area contributed by atoms with Crippen LogP contribution in [0.4, 0.5) is 5.69 Å². The Balaban J connectivity index is 2.13. The molecule has 0 atom stereocenters. The first-order valence-corrected chi connectivity index (χ1v) is 6.27. The molecule has 0 saturated carbocycles. The third kappa shape index (κ3) is 1.61. The molecule has 0 bridgehead atoms. The Hall–Kier alpha value is -3.22. The Morgan fingerprint density at radius 2 is 2.10 bits per heavy atom. The van der Waals surface area contributed by atoms with Crippen molar-refractivity contribution in [3.63, 3.8) is 0 Å². The number of carbonyl (C=O) groups excluding carboxylic acids is 1. The molecule has 0 spiro atoms. The second kappa shape index (κ2) is 4.14. The summed E-state index contributed by atoms with van der Waals surface area (Å²) in [5.74, 6) is 0.0187. The molecular formula is C14H9N6O. The van der Waals surface area contributed by atoms with Crippen molar-refractivity contribution in [2.45, 2.75) is 0 Å². The molecule has 21 heavy (non-hydrogen) atoms. The monoisotopic (exact) mass is 277 g/mol.